The number of carbonyl (C=O) groups is 2. The van der Waals surface area contributed by atoms with Gasteiger partial charge in [-0.25, -0.2) is 14.6 Å². The summed E-state index contributed by atoms with van der Waals surface area (Å²) in [6.07, 6.45) is 2.01. The molecule has 0 aliphatic carbocycles. The molecule has 2 fully saturated rings. The van der Waals surface area contributed by atoms with Gasteiger partial charge < -0.3 is 24.6 Å². The Morgan fingerprint density at radius 1 is 1.17 bits per heavy atom. The molecule has 2 saturated heterocycles. The van der Waals surface area contributed by atoms with Crippen molar-refractivity contribution in [3.63, 3.8) is 0 Å². The third-order valence-electron chi connectivity index (χ3n) is 5.35. The summed E-state index contributed by atoms with van der Waals surface area (Å²) in [6, 6.07) is 3.54. The first-order valence-electron chi connectivity index (χ1n) is 10.7. The van der Waals surface area contributed by atoms with Gasteiger partial charge >= 0.3 is 12.0 Å². The van der Waals surface area contributed by atoms with E-state index in [0.29, 0.717) is 44.9 Å². The van der Waals surface area contributed by atoms with Crippen LogP contribution in [0.25, 0.3) is 0 Å². The van der Waals surface area contributed by atoms with Gasteiger partial charge in [-0.3, -0.25) is 4.90 Å². The zero-order chi connectivity index (χ0) is 21.5. The third-order valence-corrected chi connectivity index (χ3v) is 5.35. The Morgan fingerprint density at radius 3 is 2.47 bits per heavy atom. The summed E-state index contributed by atoms with van der Waals surface area (Å²) in [6.45, 7) is 12.2. The van der Waals surface area contributed by atoms with E-state index in [9.17, 15) is 9.59 Å². The van der Waals surface area contributed by atoms with Crippen molar-refractivity contribution in [2.75, 3.05) is 63.9 Å². The fourth-order valence-corrected chi connectivity index (χ4v) is 3.95. The topological polar surface area (TPSA) is 87.2 Å². The summed E-state index contributed by atoms with van der Waals surface area (Å²) in [7, 11) is 0. The highest BCUT2D eigenvalue weighted by Crippen LogP contribution is 2.15. The van der Waals surface area contributed by atoms with E-state index >= 15 is 0 Å². The molecule has 1 N–H and O–H groups in total. The Bertz CT molecular complexity index is 696. The molecule has 9 heteroatoms. The van der Waals surface area contributed by atoms with Crippen LogP contribution in [0.4, 0.5) is 10.6 Å². The average molecular weight is 420 g/mol. The first kappa shape index (κ1) is 22.3. The summed E-state index contributed by atoms with van der Waals surface area (Å²) in [4.78, 5) is 34.9. The molecule has 3 heterocycles. The van der Waals surface area contributed by atoms with Gasteiger partial charge in [-0.15, -0.1) is 0 Å². The fourth-order valence-electron chi connectivity index (χ4n) is 3.95. The van der Waals surface area contributed by atoms with Crippen molar-refractivity contribution >= 4 is 17.8 Å². The Hall–Kier alpha value is -2.39. The summed E-state index contributed by atoms with van der Waals surface area (Å²) in [5.41, 5.74) is 0.447. The van der Waals surface area contributed by atoms with Crippen molar-refractivity contribution < 1.29 is 19.1 Å². The number of nitrogens with zero attached hydrogens (tertiary/aromatic N) is 4. The van der Waals surface area contributed by atoms with Gasteiger partial charge in [0.25, 0.3) is 0 Å². The predicted octanol–water partition coefficient (Wildman–Crippen LogP) is 1.20. The second-order valence-corrected chi connectivity index (χ2v) is 7.85. The number of urea groups is 1. The minimum Gasteiger partial charge on any atom is -0.462 e. The number of carbonyl (C=O) groups excluding carboxylic acids is 2. The minimum absolute atomic E-state index is 0.0189. The second-order valence-electron chi connectivity index (χ2n) is 7.85. The van der Waals surface area contributed by atoms with Crippen molar-refractivity contribution in [2.24, 2.45) is 0 Å². The van der Waals surface area contributed by atoms with Crippen LogP contribution in [0.5, 0.6) is 0 Å². The highest BCUT2D eigenvalue weighted by atomic mass is 16.5. The van der Waals surface area contributed by atoms with Crippen LogP contribution in [-0.4, -0.2) is 98.0 Å². The molecule has 0 bridgehead atoms. The van der Waals surface area contributed by atoms with Gasteiger partial charge in [-0.05, 0) is 32.9 Å². The van der Waals surface area contributed by atoms with Crippen LogP contribution in [0.3, 0.4) is 0 Å². The molecular weight excluding hydrogens is 386 g/mol. The van der Waals surface area contributed by atoms with Crippen LogP contribution >= 0.6 is 0 Å². The van der Waals surface area contributed by atoms with E-state index in [1.165, 1.54) is 0 Å². The number of aromatic nitrogens is 1. The lowest BCUT2D eigenvalue weighted by molar-refractivity contribution is -0.0672. The normalized spacial score (nSPS) is 22.6. The van der Waals surface area contributed by atoms with Crippen LogP contribution < -0.4 is 10.2 Å². The number of esters is 1. The highest BCUT2D eigenvalue weighted by molar-refractivity contribution is 5.89. The van der Waals surface area contributed by atoms with E-state index in [4.69, 9.17) is 9.47 Å². The standard InChI is InChI=1S/C21H33N5O4/c1-4-29-20(27)18-5-6-19(23-13-18)25-9-11-26(12-10-25)21(28)22-7-8-24-14-16(2)30-17(3)15-24/h5-6,13,16-17H,4,7-12,14-15H2,1-3H3,(H,22,28). The number of rotatable bonds is 6. The molecule has 2 atom stereocenters. The number of hydrogen-bond acceptors (Lipinski definition) is 7. The lowest BCUT2D eigenvalue weighted by Gasteiger charge is -2.36. The maximum atomic E-state index is 12.5. The zero-order valence-electron chi connectivity index (χ0n) is 18.2. The van der Waals surface area contributed by atoms with Crippen LogP contribution in [-0.2, 0) is 9.47 Å². The zero-order valence-corrected chi connectivity index (χ0v) is 18.2. The Morgan fingerprint density at radius 2 is 1.87 bits per heavy atom. The number of nitrogens with one attached hydrogen (secondary N) is 1. The Labute approximate surface area is 178 Å². The Balaban J connectivity index is 1.39. The SMILES string of the molecule is CCOC(=O)c1ccc(N2CCN(C(=O)NCCN3CC(C)OC(C)C3)CC2)nc1. The van der Waals surface area contributed by atoms with Gasteiger partial charge in [0, 0.05) is 58.6 Å². The highest BCUT2D eigenvalue weighted by Gasteiger charge is 2.24. The smallest absolute Gasteiger partial charge is 0.339 e. The van der Waals surface area contributed by atoms with E-state index < -0.39 is 0 Å². The number of pyridine rings is 1. The molecule has 1 aromatic rings. The number of morpholine rings is 1. The molecule has 1 aromatic heterocycles. The van der Waals surface area contributed by atoms with Gasteiger partial charge in [0.15, 0.2) is 0 Å². The van der Waals surface area contributed by atoms with E-state index in [0.717, 1.165) is 25.5 Å². The van der Waals surface area contributed by atoms with Gasteiger partial charge in [0.2, 0.25) is 0 Å². The number of hydrogen-bond donors (Lipinski definition) is 1. The number of anilines is 1. The van der Waals surface area contributed by atoms with Crippen LogP contribution in [0.1, 0.15) is 31.1 Å². The first-order valence-corrected chi connectivity index (χ1v) is 10.7. The molecule has 166 valence electrons. The van der Waals surface area contributed by atoms with Gasteiger partial charge in [0.1, 0.15) is 5.82 Å². The molecule has 2 aliphatic heterocycles. The monoisotopic (exact) mass is 419 g/mol. The number of amides is 2. The molecule has 2 aliphatic rings. The van der Waals surface area contributed by atoms with Gasteiger partial charge in [0.05, 0.1) is 24.4 Å². The van der Waals surface area contributed by atoms with E-state index in [-0.39, 0.29) is 24.2 Å². The minimum atomic E-state index is -0.362. The molecule has 2 unspecified atom stereocenters. The van der Waals surface area contributed by atoms with E-state index in [2.05, 4.69) is 33.9 Å². The largest absolute Gasteiger partial charge is 0.462 e. The average Bonchev–Trinajstić information content (AvgIpc) is 2.73. The molecule has 30 heavy (non-hydrogen) atoms. The molecule has 0 spiro atoms. The van der Waals surface area contributed by atoms with Crippen LogP contribution in [0, 0.1) is 0 Å². The molecular formula is C21H33N5O4. The quantitative estimate of drug-likeness (QED) is 0.693. The van der Waals surface area contributed by atoms with Gasteiger partial charge in [-0.1, -0.05) is 0 Å². The number of piperazine rings is 1. The third kappa shape index (κ3) is 6.06. The number of ether oxygens (including phenoxy) is 2. The summed E-state index contributed by atoms with van der Waals surface area (Å²) in [5.74, 6) is 0.442. The Kier molecular flexibility index (Phi) is 7.87. The molecule has 0 saturated carbocycles. The van der Waals surface area contributed by atoms with Crippen molar-refractivity contribution in [3.8, 4) is 0 Å². The van der Waals surface area contributed by atoms with Crippen molar-refractivity contribution in [1.82, 2.24) is 20.1 Å². The van der Waals surface area contributed by atoms with Crippen molar-refractivity contribution in [2.45, 2.75) is 33.0 Å². The fraction of sp³-hybridized carbons (Fsp3) is 0.667. The van der Waals surface area contributed by atoms with Crippen LogP contribution in [0.15, 0.2) is 18.3 Å². The molecule has 0 radical (unpaired) electrons. The lowest BCUT2D eigenvalue weighted by atomic mass is 10.2. The van der Waals surface area contributed by atoms with Crippen LogP contribution in [0.2, 0.25) is 0 Å². The molecule has 9 nitrogen and oxygen atoms in total. The maximum absolute atomic E-state index is 12.5. The van der Waals surface area contributed by atoms with Crippen molar-refractivity contribution in [1.29, 1.82) is 0 Å². The summed E-state index contributed by atoms with van der Waals surface area (Å²) in [5, 5.41) is 3.03. The molecule has 0 aromatic carbocycles. The van der Waals surface area contributed by atoms with Crippen molar-refractivity contribution in [3.05, 3.63) is 23.9 Å². The van der Waals surface area contributed by atoms with E-state index in [1.807, 2.05) is 11.0 Å². The summed E-state index contributed by atoms with van der Waals surface area (Å²) >= 11 is 0. The molecule has 3 rings (SSSR count). The predicted molar refractivity (Wildman–Crippen MR) is 114 cm³/mol. The van der Waals surface area contributed by atoms with Gasteiger partial charge in [-0.2, -0.15) is 0 Å². The first-order chi connectivity index (χ1) is 14.5. The summed E-state index contributed by atoms with van der Waals surface area (Å²) < 4.78 is 10.7. The second kappa shape index (κ2) is 10.6. The maximum Gasteiger partial charge on any atom is 0.339 e. The molecule has 2 amide bonds. The van der Waals surface area contributed by atoms with E-state index in [1.54, 1.807) is 19.2 Å². The lowest BCUT2D eigenvalue weighted by Crippen LogP contribution is -2.53.